The molecule has 0 unspecified atom stereocenters. The lowest BCUT2D eigenvalue weighted by atomic mass is 10.2. The van der Waals surface area contributed by atoms with Crippen LogP contribution in [0.25, 0.3) is 0 Å². The highest BCUT2D eigenvalue weighted by molar-refractivity contribution is 7.18. The van der Waals surface area contributed by atoms with E-state index in [-0.39, 0.29) is 11.8 Å². The van der Waals surface area contributed by atoms with E-state index >= 15 is 0 Å². The van der Waals surface area contributed by atoms with Crippen molar-refractivity contribution in [3.63, 3.8) is 0 Å². The van der Waals surface area contributed by atoms with E-state index in [2.05, 4.69) is 15.6 Å². The summed E-state index contributed by atoms with van der Waals surface area (Å²) in [4.78, 5) is 30.1. The molecule has 0 spiro atoms. The van der Waals surface area contributed by atoms with Crippen molar-refractivity contribution in [2.45, 2.75) is 13.5 Å². The minimum Gasteiger partial charge on any atom is -0.487 e. The van der Waals surface area contributed by atoms with E-state index < -0.39 is 0 Å². The molecule has 4 rings (SSSR count). The third-order valence-electron chi connectivity index (χ3n) is 4.68. The molecule has 0 atom stereocenters. The van der Waals surface area contributed by atoms with Crippen LogP contribution in [0.2, 0.25) is 5.02 Å². The number of anilines is 2. The van der Waals surface area contributed by atoms with Gasteiger partial charge in [0.05, 0.1) is 26.2 Å². The average molecular weight is 478 g/mol. The van der Waals surface area contributed by atoms with Crippen molar-refractivity contribution in [2.24, 2.45) is 0 Å². The molecule has 33 heavy (non-hydrogen) atoms. The van der Waals surface area contributed by atoms with Gasteiger partial charge in [0.2, 0.25) is 0 Å². The molecule has 0 aliphatic carbocycles. The Morgan fingerprint density at radius 3 is 2.58 bits per heavy atom. The van der Waals surface area contributed by atoms with Gasteiger partial charge in [-0.2, -0.15) is 0 Å². The largest absolute Gasteiger partial charge is 0.487 e. The molecule has 0 aliphatic heterocycles. The van der Waals surface area contributed by atoms with Crippen molar-refractivity contribution in [1.82, 2.24) is 4.98 Å². The number of carbonyl (C=O) groups excluding carboxylic acids is 2. The van der Waals surface area contributed by atoms with Crippen LogP contribution in [0.1, 0.15) is 31.3 Å². The number of amides is 2. The second-order valence-corrected chi connectivity index (χ2v) is 8.61. The highest BCUT2D eigenvalue weighted by atomic mass is 35.5. The third kappa shape index (κ3) is 5.77. The van der Waals surface area contributed by atoms with Gasteiger partial charge in [0.1, 0.15) is 12.4 Å². The summed E-state index contributed by atoms with van der Waals surface area (Å²) >= 11 is 7.30. The maximum atomic E-state index is 12.9. The third-order valence-corrected chi connectivity index (χ3v) is 6.16. The van der Waals surface area contributed by atoms with Gasteiger partial charge >= 0.3 is 0 Å². The first-order chi connectivity index (χ1) is 16.0. The van der Waals surface area contributed by atoms with Crippen molar-refractivity contribution >= 4 is 45.4 Å². The van der Waals surface area contributed by atoms with Crippen LogP contribution in [0.5, 0.6) is 5.75 Å². The lowest BCUT2D eigenvalue weighted by molar-refractivity contribution is 0.102. The summed E-state index contributed by atoms with van der Waals surface area (Å²) in [5.41, 5.74) is 2.55. The van der Waals surface area contributed by atoms with Gasteiger partial charge in [0.25, 0.3) is 11.8 Å². The molecule has 0 saturated heterocycles. The fraction of sp³-hybridized carbons (Fsp3) is 0.0800. The summed E-state index contributed by atoms with van der Waals surface area (Å²) in [6.45, 7) is 2.15. The van der Waals surface area contributed by atoms with Gasteiger partial charge < -0.3 is 15.4 Å². The van der Waals surface area contributed by atoms with Crippen LogP contribution in [0.4, 0.5) is 10.7 Å². The minimum absolute atomic E-state index is 0.266. The number of aromatic nitrogens is 1. The van der Waals surface area contributed by atoms with Gasteiger partial charge in [-0.05, 0) is 55.0 Å². The molecular weight excluding hydrogens is 458 g/mol. The van der Waals surface area contributed by atoms with Crippen molar-refractivity contribution < 1.29 is 14.3 Å². The first-order valence-corrected chi connectivity index (χ1v) is 11.3. The zero-order valence-electron chi connectivity index (χ0n) is 17.7. The summed E-state index contributed by atoms with van der Waals surface area (Å²) in [5.74, 6) is 0.0261. The van der Waals surface area contributed by atoms with Crippen LogP contribution in [0.15, 0.2) is 79.0 Å². The van der Waals surface area contributed by atoms with E-state index in [1.54, 1.807) is 54.7 Å². The number of nitrogens with one attached hydrogen (secondary N) is 2. The number of ether oxygens (including phenoxy) is 1. The van der Waals surface area contributed by atoms with Crippen LogP contribution in [-0.4, -0.2) is 16.8 Å². The van der Waals surface area contributed by atoms with Gasteiger partial charge in [0, 0.05) is 18.0 Å². The summed E-state index contributed by atoms with van der Waals surface area (Å²) in [6, 6.07) is 21.4. The molecule has 2 N–H and O–H groups in total. The predicted molar refractivity (Wildman–Crippen MR) is 131 cm³/mol. The van der Waals surface area contributed by atoms with Gasteiger partial charge in [-0.1, -0.05) is 35.9 Å². The zero-order chi connectivity index (χ0) is 23.2. The predicted octanol–water partition coefficient (Wildman–Crippen LogP) is 6.19. The smallest absolute Gasteiger partial charge is 0.266 e. The molecule has 166 valence electrons. The normalized spacial score (nSPS) is 10.5. The highest BCUT2D eigenvalue weighted by Gasteiger charge is 2.17. The van der Waals surface area contributed by atoms with Gasteiger partial charge in [-0.25, -0.2) is 0 Å². The number of halogens is 1. The molecular formula is C25H20ClN3O3S. The maximum Gasteiger partial charge on any atom is 0.266 e. The van der Waals surface area contributed by atoms with Crippen LogP contribution < -0.4 is 15.4 Å². The Labute approximate surface area is 200 Å². The fourth-order valence-corrected chi connectivity index (χ4v) is 4.27. The number of benzene rings is 2. The standard InChI is InChI=1S/C25H20ClN3O3S/c1-16-13-22(29-24(30)20-10-2-3-11-21(20)26)33-23(16)25(31)28-17-8-6-9-19(14-17)32-15-18-7-4-5-12-27-18/h2-14H,15H2,1H3,(H,28,31)(H,29,30). The van der Waals surface area contributed by atoms with Gasteiger partial charge in [0.15, 0.2) is 0 Å². The molecule has 0 aliphatic rings. The molecule has 0 radical (unpaired) electrons. The molecule has 0 bridgehead atoms. The lowest BCUT2D eigenvalue weighted by Gasteiger charge is -2.09. The number of carbonyl (C=O) groups is 2. The quantitative estimate of drug-likeness (QED) is 0.332. The van der Waals surface area contributed by atoms with Crippen LogP contribution >= 0.6 is 22.9 Å². The van der Waals surface area contributed by atoms with E-state index in [4.69, 9.17) is 16.3 Å². The Kier molecular flexibility index (Phi) is 7.02. The second kappa shape index (κ2) is 10.3. The number of pyridine rings is 1. The number of nitrogens with zero attached hydrogens (tertiary/aromatic N) is 1. The summed E-state index contributed by atoms with van der Waals surface area (Å²) < 4.78 is 5.77. The Hall–Kier alpha value is -3.68. The van der Waals surface area contributed by atoms with Crippen molar-refractivity contribution in [3.8, 4) is 5.75 Å². The molecule has 0 fully saturated rings. The van der Waals surface area contributed by atoms with E-state index in [0.717, 1.165) is 11.3 Å². The zero-order valence-corrected chi connectivity index (χ0v) is 19.2. The molecule has 6 nitrogen and oxygen atoms in total. The van der Waals surface area contributed by atoms with Gasteiger partial charge in [-0.15, -0.1) is 11.3 Å². The monoisotopic (exact) mass is 477 g/mol. The Bertz CT molecular complexity index is 1290. The summed E-state index contributed by atoms with van der Waals surface area (Å²) in [5, 5.41) is 6.63. The highest BCUT2D eigenvalue weighted by Crippen LogP contribution is 2.29. The van der Waals surface area contributed by atoms with E-state index in [1.165, 1.54) is 11.3 Å². The van der Waals surface area contributed by atoms with Crippen molar-refractivity contribution in [1.29, 1.82) is 0 Å². The molecule has 4 aromatic rings. The average Bonchev–Trinajstić information content (AvgIpc) is 3.19. The topological polar surface area (TPSA) is 80.3 Å². The SMILES string of the molecule is Cc1cc(NC(=O)c2ccccc2Cl)sc1C(=O)Nc1cccc(OCc2ccccn2)c1. The molecule has 8 heteroatoms. The van der Waals surface area contributed by atoms with Crippen molar-refractivity contribution in [3.05, 3.63) is 106 Å². The van der Waals surface area contributed by atoms with Crippen LogP contribution in [0.3, 0.4) is 0 Å². The van der Waals surface area contributed by atoms with E-state index in [9.17, 15) is 9.59 Å². The molecule has 0 saturated carbocycles. The number of aryl methyl sites for hydroxylation is 1. The Balaban J connectivity index is 1.41. The van der Waals surface area contributed by atoms with Crippen LogP contribution in [0, 0.1) is 6.92 Å². The molecule has 2 aromatic heterocycles. The number of rotatable bonds is 7. The maximum absolute atomic E-state index is 12.9. The Morgan fingerprint density at radius 2 is 1.79 bits per heavy atom. The summed E-state index contributed by atoms with van der Waals surface area (Å²) in [6.07, 6.45) is 1.71. The van der Waals surface area contributed by atoms with Crippen LogP contribution in [-0.2, 0) is 6.61 Å². The van der Waals surface area contributed by atoms with E-state index in [1.807, 2.05) is 31.2 Å². The minimum atomic E-state index is -0.327. The fourth-order valence-electron chi connectivity index (χ4n) is 3.09. The van der Waals surface area contributed by atoms with E-state index in [0.29, 0.717) is 38.5 Å². The second-order valence-electron chi connectivity index (χ2n) is 7.15. The lowest BCUT2D eigenvalue weighted by Crippen LogP contribution is -2.12. The summed E-state index contributed by atoms with van der Waals surface area (Å²) in [7, 11) is 0. The molecule has 2 heterocycles. The Morgan fingerprint density at radius 1 is 0.970 bits per heavy atom. The molecule has 2 amide bonds. The van der Waals surface area contributed by atoms with Gasteiger partial charge in [-0.3, -0.25) is 14.6 Å². The van der Waals surface area contributed by atoms with Crippen molar-refractivity contribution in [2.75, 3.05) is 10.6 Å². The molecule has 2 aromatic carbocycles. The first-order valence-electron chi connectivity index (χ1n) is 10.1. The number of hydrogen-bond acceptors (Lipinski definition) is 5. The first kappa shape index (κ1) is 22.5. The number of thiophene rings is 1. The number of hydrogen-bond donors (Lipinski definition) is 2.